The number of hydrogen-bond acceptors (Lipinski definition) is 6. The summed E-state index contributed by atoms with van der Waals surface area (Å²) >= 11 is 0. The molecular formula is C15H15NO5. The number of carbonyl (C=O) groups excluding carboxylic acids is 2. The third kappa shape index (κ3) is 2.79. The van der Waals surface area contributed by atoms with Gasteiger partial charge in [-0.3, -0.25) is 14.6 Å². The van der Waals surface area contributed by atoms with Gasteiger partial charge in [-0.05, 0) is 30.7 Å². The summed E-state index contributed by atoms with van der Waals surface area (Å²) in [5.41, 5.74) is 1.22. The maximum atomic E-state index is 12.2. The molecule has 1 heterocycles. The number of aromatic hydroxyl groups is 1. The highest BCUT2D eigenvalue weighted by atomic mass is 16.5. The molecule has 0 spiro atoms. The molecule has 1 N–H and O–H groups in total. The SMILES string of the molecule is COC(=O)C1C(=O)/C(=C\c2ccc(O)c(OC)c2)N=C1C. The summed E-state index contributed by atoms with van der Waals surface area (Å²) in [6.45, 7) is 1.61. The molecule has 0 radical (unpaired) electrons. The van der Waals surface area contributed by atoms with E-state index in [0.717, 1.165) is 0 Å². The van der Waals surface area contributed by atoms with Crippen molar-refractivity contribution in [1.82, 2.24) is 0 Å². The van der Waals surface area contributed by atoms with Gasteiger partial charge in [0.15, 0.2) is 17.4 Å². The zero-order valence-corrected chi connectivity index (χ0v) is 11.9. The summed E-state index contributed by atoms with van der Waals surface area (Å²) in [4.78, 5) is 27.9. The van der Waals surface area contributed by atoms with Crippen molar-refractivity contribution in [3.63, 3.8) is 0 Å². The summed E-state index contributed by atoms with van der Waals surface area (Å²) in [6, 6.07) is 4.65. The third-order valence-electron chi connectivity index (χ3n) is 3.17. The van der Waals surface area contributed by atoms with Gasteiger partial charge in [-0.25, -0.2) is 0 Å². The number of allylic oxidation sites excluding steroid dienone is 1. The number of esters is 1. The smallest absolute Gasteiger partial charge is 0.322 e. The van der Waals surface area contributed by atoms with E-state index < -0.39 is 17.7 Å². The van der Waals surface area contributed by atoms with Crippen LogP contribution in [0.2, 0.25) is 0 Å². The predicted molar refractivity (Wildman–Crippen MR) is 76.3 cm³/mol. The van der Waals surface area contributed by atoms with Crippen molar-refractivity contribution in [2.45, 2.75) is 6.92 Å². The van der Waals surface area contributed by atoms with Crippen LogP contribution < -0.4 is 4.74 Å². The molecule has 0 saturated heterocycles. The average molecular weight is 289 g/mol. The third-order valence-corrected chi connectivity index (χ3v) is 3.17. The van der Waals surface area contributed by atoms with Gasteiger partial charge in [-0.15, -0.1) is 0 Å². The minimum Gasteiger partial charge on any atom is -0.504 e. The molecule has 6 heteroatoms. The largest absolute Gasteiger partial charge is 0.504 e. The van der Waals surface area contributed by atoms with Gasteiger partial charge in [-0.1, -0.05) is 6.07 Å². The van der Waals surface area contributed by atoms with Crippen LogP contribution in [-0.2, 0) is 14.3 Å². The van der Waals surface area contributed by atoms with E-state index in [1.807, 2.05) is 0 Å². The van der Waals surface area contributed by atoms with E-state index in [1.54, 1.807) is 19.1 Å². The molecule has 0 aromatic heterocycles. The Morgan fingerprint density at radius 1 is 1.38 bits per heavy atom. The second-order valence-corrected chi connectivity index (χ2v) is 4.53. The minimum absolute atomic E-state index is 0.00418. The Morgan fingerprint density at radius 2 is 2.10 bits per heavy atom. The molecule has 0 bridgehead atoms. The Balaban J connectivity index is 2.35. The van der Waals surface area contributed by atoms with Crippen molar-refractivity contribution in [1.29, 1.82) is 0 Å². The fourth-order valence-electron chi connectivity index (χ4n) is 2.09. The molecule has 0 aliphatic carbocycles. The normalized spacial score (nSPS) is 19.6. The second-order valence-electron chi connectivity index (χ2n) is 4.53. The molecule has 1 aliphatic rings. The number of carbonyl (C=O) groups is 2. The van der Waals surface area contributed by atoms with Crippen LogP contribution in [0.4, 0.5) is 0 Å². The molecule has 0 amide bonds. The number of ether oxygens (including phenoxy) is 2. The van der Waals surface area contributed by atoms with Gasteiger partial charge in [0.05, 0.1) is 14.2 Å². The molecule has 21 heavy (non-hydrogen) atoms. The Bertz CT molecular complexity index is 660. The van der Waals surface area contributed by atoms with Crippen LogP contribution in [0.15, 0.2) is 28.9 Å². The van der Waals surface area contributed by atoms with Crippen LogP contribution in [0.3, 0.4) is 0 Å². The highest BCUT2D eigenvalue weighted by Gasteiger charge is 2.37. The number of benzene rings is 1. The molecular weight excluding hydrogens is 274 g/mol. The van der Waals surface area contributed by atoms with Gasteiger partial charge in [0.2, 0.25) is 5.78 Å². The van der Waals surface area contributed by atoms with Crippen molar-refractivity contribution in [3.8, 4) is 11.5 Å². The number of aliphatic imine (C=N–C) groups is 1. The Labute approximate surface area is 121 Å². The van der Waals surface area contributed by atoms with Gasteiger partial charge < -0.3 is 14.6 Å². The van der Waals surface area contributed by atoms with Crippen LogP contribution in [0.1, 0.15) is 12.5 Å². The maximum Gasteiger partial charge on any atom is 0.322 e. The van der Waals surface area contributed by atoms with Crippen LogP contribution in [0, 0.1) is 5.92 Å². The predicted octanol–water partition coefficient (Wildman–Crippen LogP) is 1.57. The quantitative estimate of drug-likeness (QED) is 0.518. The summed E-state index contributed by atoms with van der Waals surface area (Å²) in [6.07, 6.45) is 1.54. The van der Waals surface area contributed by atoms with Gasteiger partial charge >= 0.3 is 5.97 Å². The van der Waals surface area contributed by atoms with Crippen molar-refractivity contribution < 1.29 is 24.2 Å². The summed E-state index contributed by atoms with van der Waals surface area (Å²) < 4.78 is 9.61. The highest BCUT2D eigenvalue weighted by molar-refractivity contribution is 6.28. The number of hydrogen-bond donors (Lipinski definition) is 1. The van der Waals surface area contributed by atoms with E-state index in [0.29, 0.717) is 17.0 Å². The van der Waals surface area contributed by atoms with E-state index in [-0.39, 0.29) is 11.4 Å². The van der Waals surface area contributed by atoms with Crippen molar-refractivity contribution in [3.05, 3.63) is 29.5 Å². The summed E-state index contributed by atoms with van der Waals surface area (Å²) in [5.74, 6) is -1.69. The number of phenolic OH excluding ortho intramolecular Hbond substituents is 1. The van der Waals surface area contributed by atoms with E-state index in [1.165, 1.54) is 26.4 Å². The van der Waals surface area contributed by atoms with E-state index in [9.17, 15) is 14.7 Å². The van der Waals surface area contributed by atoms with Gasteiger partial charge in [-0.2, -0.15) is 0 Å². The molecule has 0 fully saturated rings. The zero-order valence-electron chi connectivity index (χ0n) is 11.9. The molecule has 2 rings (SSSR count). The molecule has 110 valence electrons. The Hall–Kier alpha value is -2.63. The first-order valence-electron chi connectivity index (χ1n) is 6.24. The van der Waals surface area contributed by atoms with E-state index >= 15 is 0 Å². The Kier molecular flexibility index (Phi) is 4.07. The monoisotopic (exact) mass is 289 g/mol. The number of ketones is 1. The van der Waals surface area contributed by atoms with Crippen molar-refractivity contribution in [2.75, 3.05) is 14.2 Å². The van der Waals surface area contributed by atoms with Crippen LogP contribution in [0.25, 0.3) is 6.08 Å². The number of phenols is 1. The standard InChI is InChI=1S/C15H15NO5/c1-8-13(15(19)21-3)14(18)10(16-8)6-9-4-5-11(17)12(7-9)20-2/h4-7,13,17H,1-3H3/b10-6+. The first-order chi connectivity index (χ1) is 9.97. The number of rotatable bonds is 3. The molecule has 1 aromatic rings. The maximum absolute atomic E-state index is 12.2. The lowest BCUT2D eigenvalue weighted by atomic mass is 10.0. The first kappa shape index (κ1) is 14.8. The van der Waals surface area contributed by atoms with Gasteiger partial charge in [0.25, 0.3) is 0 Å². The van der Waals surface area contributed by atoms with E-state index in [4.69, 9.17) is 4.74 Å². The van der Waals surface area contributed by atoms with Crippen LogP contribution >= 0.6 is 0 Å². The van der Waals surface area contributed by atoms with Gasteiger partial charge in [0.1, 0.15) is 5.70 Å². The zero-order chi connectivity index (χ0) is 15.6. The molecule has 1 aliphatic heterocycles. The summed E-state index contributed by atoms with van der Waals surface area (Å²) in [5, 5.41) is 9.54. The fraction of sp³-hybridized carbons (Fsp3) is 0.267. The first-order valence-corrected chi connectivity index (χ1v) is 6.24. The second kappa shape index (κ2) is 5.78. The van der Waals surface area contributed by atoms with Gasteiger partial charge in [0, 0.05) is 5.71 Å². The highest BCUT2D eigenvalue weighted by Crippen LogP contribution is 2.29. The molecule has 0 saturated carbocycles. The Morgan fingerprint density at radius 3 is 2.71 bits per heavy atom. The minimum atomic E-state index is -0.972. The molecule has 1 unspecified atom stereocenters. The van der Waals surface area contributed by atoms with Crippen LogP contribution in [0.5, 0.6) is 11.5 Å². The molecule has 1 atom stereocenters. The average Bonchev–Trinajstić information content (AvgIpc) is 2.74. The lowest BCUT2D eigenvalue weighted by Gasteiger charge is -2.05. The topological polar surface area (TPSA) is 85.2 Å². The van der Waals surface area contributed by atoms with E-state index in [2.05, 4.69) is 9.73 Å². The lowest BCUT2D eigenvalue weighted by Crippen LogP contribution is -2.27. The number of Topliss-reactive ketones (excluding diaryl/α,β-unsaturated/α-hetero) is 1. The fourth-order valence-corrected chi connectivity index (χ4v) is 2.09. The summed E-state index contributed by atoms with van der Waals surface area (Å²) in [7, 11) is 2.66. The lowest BCUT2D eigenvalue weighted by molar-refractivity contribution is -0.145. The molecule has 1 aromatic carbocycles. The number of nitrogens with zero attached hydrogens (tertiary/aromatic N) is 1. The van der Waals surface area contributed by atoms with Crippen molar-refractivity contribution in [2.24, 2.45) is 10.9 Å². The van der Waals surface area contributed by atoms with Crippen LogP contribution in [-0.4, -0.2) is 36.8 Å². The number of methoxy groups -OCH3 is 2. The van der Waals surface area contributed by atoms with Crippen molar-refractivity contribution >= 4 is 23.5 Å². The molecule has 6 nitrogen and oxygen atoms in total.